The standard InChI is InChI=1S/C25H25ClN2O4S/c1-18-2-14-24(15-3-18)33(30,31)28(16-19-4-6-20(26)7-5-19)22-10-12-23(13-11-22)32-17-25(29)27-21-8-9-21/h2-7,10-15,21H,8-9,16-17H2,1H3,(H,27,29). The number of hydrogen-bond donors (Lipinski definition) is 1. The minimum absolute atomic E-state index is 0.0774. The zero-order valence-electron chi connectivity index (χ0n) is 18.2. The van der Waals surface area contributed by atoms with E-state index in [-0.39, 0.29) is 30.0 Å². The van der Waals surface area contributed by atoms with E-state index in [0.29, 0.717) is 16.5 Å². The molecule has 3 aromatic carbocycles. The van der Waals surface area contributed by atoms with E-state index in [4.69, 9.17) is 16.3 Å². The minimum Gasteiger partial charge on any atom is -0.484 e. The fourth-order valence-electron chi connectivity index (χ4n) is 3.26. The zero-order valence-corrected chi connectivity index (χ0v) is 19.8. The Balaban J connectivity index is 1.57. The highest BCUT2D eigenvalue weighted by Crippen LogP contribution is 2.28. The number of benzene rings is 3. The van der Waals surface area contributed by atoms with Crippen molar-refractivity contribution in [1.82, 2.24) is 5.32 Å². The van der Waals surface area contributed by atoms with Crippen LogP contribution in [-0.2, 0) is 21.4 Å². The third-order valence-electron chi connectivity index (χ3n) is 5.29. The maximum absolute atomic E-state index is 13.5. The fourth-order valence-corrected chi connectivity index (χ4v) is 4.84. The lowest BCUT2D eigenvalue weighted by molar-refractivity contribution is -0.123. The van der Waals surface area contributed by atoms with Gasteiger partial charge in [-0.05, 0) is 73.9 Å². The van der Waals surface area contributed by atoms with Crippen LogP contribution in [0.4, 0.5) is 5.69 Å². The van der Waals surface area contributed by atoms with E-state index in [1.807, 2.05) is 6.92 Å². The topological polar surface area (TPSA) is 75.7 Å². The smallest absolute Gasteiger partial charge is 0.264 e. The number of nitrogens with one attached hydrogen (secondary N) is 1. The summed E-state index contributed by atoms with van der Waals surface area (Å²) in [5, 5.41) is 3.45. The molecule has 0 heterocycles. The van der Waals surface area contributed by atoms with E-state index < -0.39 is 10.0 Å². The van der Waals surface area contributed by atoms with E-state index in [1.54, 1.807) is 72.8 Å². The summed E-state index contributed by atoms with van der Waals surface area (Å²) < 4.78 is 34.0. The van der Waals surface area contributed by atoms with E-state index >= 15 is 0 Å². The molecule has 0 aromatic heterocycles. The Bertz CT molecular complexity index is 1210. The van der Waals surface area contributed by atoms with Gasteiger partial charge in [0.25, 0.3) is 15.9 Å². The van der Waals surface area contributed by atoms with Gasteiger partial charge < -0.3 is 10.1 Å². The summed E-state index contributed by atoms with van der Waals surface area (Å²) in [4.78, 5) is 12.1. The molecule has 1 amide bonds. The second-order valence-electron chi connectivity index (χ2n) is 8.08. The van der Waals surface area contributed by atoms with Crippen molar-refractivity contribution in [2.45, 2.75) is 37.2 Å². The number of nitrogens with zero attached hydrogens (tertiary/aromatic N) is 1. The van der Waals surface area contributed by atoms with Gasteiger partial charge in [0.1, 0.15) is 5.75 Å². The van der Waals surface area contributed by atoms with E-state index in [2.05, 4.69) is 5.32 Å². The molecule has 172 valence electrons. The molecule has 0 atom stereocenters. The summed E-state index contributed by atoms with van der Waals surface area (Å²) in [5.74, 6) is 0.330. The predicted octanol–water partition coefficient (Wildman–Crippen LogP) is 4.70. The molecule has 1 fully saturated rings. The molecule has 8 heteroatoms. The molecule has 1 aliphatic rings. The monoisotopic (exact) mass is 484 g/mol. The average molecular weight is 485 g/mol. The second kappa shape index (κ2) is 9.85. The van der Waals surface area contributed by atoms with Gasteiger partial charge in [-0.25, -0.2) is 8.42 Å². The first-order valence-corrected chi connectivity index (χ1v) is 12.5. The minimum atomic E-state index is -3.83. The molecule has 0 bridgehead atoms. The summed E-state index contributed by atoms with van der Waals surface area (Å²) in [5.41, 5.74) is 2.26. The third-order valence-corrected chi connectivity index (χ3v) is 7.33. The highest BCUT2D eigenvalue weighted by Gasteiger charge is 2.26. The summed E-state index contributed by atoms with van der Waals surface area (Å²) >= 11 is 5.99. The van der Waals surface area contributed by atoms with Crippen LogP contribution in [0.15, 0.2) is 77.7 Å². The molecular formula is C25H25ClN2O4S. The van der Waals surface area contributed by atoms with Crippen LogP contribution < -0.4 is 14.4 Å². The number of sulfonamides is 1. The molecule has 4 rings (SSSR count). The summed E-state index contributed by atoms with van der Waals surface area (Å²) in [6, 6.07) is 20.8. The lowest BCUT2D eigenvalue weighted by Gasteiger charge is -2.25. The summed E-state index contributed by atoms with van der Waals surface area (Å²) in [7, 11) is -3.83. The van der Waals surface area contributed by atoms with Crippen LogP contribution in [0.25, 0.3) is 0 Å². The molecule has 1 saturated carbocycles. The van der Waals surface area contributed by atoms with Crippen LogP contribution in [0.3, 0.4) is 0 Å². The summed E-state index contributed by atoms with van der Waals surface area (Å²) in [6.07, 6.45) is 2.03. The number of halogens is 1. The van der Waals surface area contributed by atoms with Gasteiger partial charge in [-0.3, -0.25) is 9.10 Å². The van der Waals surface area contributed by atoms with Crippen LogP contribution in [0, 0.1) is 6.92 Å². The number of ether oxygens (including phenoxy) is 1. The van der Waals surface area contributed by atoms with E-state index in [0.717, 1.165) is 24.0 Å². The van der Waals surface area contributed by atoms with Crippen molar-refractivity contribution in [2.24, 2.45) is 0 Å². The van der Waals surface area contributed by atoms with Crippen LogP contribution in [0.2, 0.25) is 5.02 Å². The first kappa shape index (κ1) is 23.1. The molecule has 1 aliphatic carbocycles. The SMILES string of the molecule is Cc1ccc(S(=O)(=O)N(Cc2ccc(Cl)cc2)c2ccc(OCC(=O)NC3CC3)cc2)cc1. The number of aryl methyl sites for hydroxylation is 1. The third kappa shape index (κ3) is 6.06. The van der Waals surface area contributed by atoms with E-state index in [1.165, 1.54) is 4.31 Å². The van der Waals surface area contributed by atoms with Crippen molar-refractivity contribution in [2.75, 3.05) is 10.9 Å². The molecule has 1 N–H and O–H groups in total. The largest absolute Gasteiger partial charge is 0.484 e. The Morgan fingerprint density at radius 3 is 2.24 bits per heavy atom. The van der Waals surface area contributed by atoms with Gasteiger partial charge in [-0.1, -0.05) is 41.4 Å². The highest BCUT2D eigenvalue weighted by molar-refractivity contribution is 7.92. The van der Waals surface area contributed by atoms with Crippen molar-refractivity contribution in [3.05, 3.63) is 88.9 Å². The fraction of sp³-hybridized carbons (Fsp3) is 0.240. The molecule has 0 saturated heterocycles. The Morgan fingerprint density at radius 1 is 1.00 bits per heavy atom. The van der Waals surface area contributed by atoms with Crippen molar-refractivity contribution < 1.29 is 17.9 Å². The van der Waals surface area contributed by atoms with Gasteiger partial charge in [0, 0.05) is 11.1 Å². The molecule has 33 heavy (non-hydrogen) atoms. The lowest BCUT2D eigenvalue weighted by atomic mass is 10.2. The van der Waals surface area contributed by atoms with Crippen molar-refractivity contribution in [1.29, 1.82) is 0 Å². The molecule has 0 aliphatic heterocycles. The number of amides is 1. The summed E-state index contributed by atoms with van der Waals surface area (Å²) in [6.45, 7) is 1.97. The maximum Gasteiger partial charge on any atom is 0.264 e. The number of rotatable bonds is 9. The second-order valence-corrected chi connectivity index (χ2v) is 10.4. The molecule has 0 spiro atoms. The molecular weight excluding hydrogens is 460 g/mol. The molecule has 6 nitrogen and oxygen atoms in total. The normalized spacial score (nSPS) is 13.4. The Hall–Kier alpha value is -3.03. The molecule has 0 unspecified atom stereocenters. The van der Waals surface area contributed by atoms with Crippen LogP contribution in [0.1, 0.15) is 24.0 Å². The first-order valence-electron chi connectivity index (χ1n) is 10.7. The average Bonchev–Trinajstić information content (AvgIpc) is 3.62. The Labute approximate surface area is 199 Å². The van der Waals surface area contributed by atoms with Gasteiger partial charge in [0.2, 0.25) is 0 Å². The Kier molecular flexibility index (Phi) is 6.91. The van der Waals surface area contributed by atoms with Crippen LogP contribution in [0.5, 0.6) is 5.75 Å². The number of carbonyl (C=O) groups excluding carboxylic acids is 1. The number of carbonyl (C=O) groups is 1. The van der Waals surface area contributed by atoms with Gasteiger partial charge in [0.05, 0.1) is 17.1 Å². The lowest BCUT2D eigenvalue weighted by Crippen LogP contribution is -2.31. The quantitative estimate of drug-likeness (QED) is 0.477. The van der Waals surface area contributed by atoms with Gasteiger partial charge in [0.15, 0.2) is 6.61 Å². The van der Waals surface area contributed by atoms with Gasteiger partial charge in [-0.15, -0.1) is 0 Å². The van der Waals surface area contributed by atoms with Crippen LogP contribution >= 0.6 is 11.6 Å². The molecule has 0 radical (unpaired) electrons. The van der Waals surface area contributed by atoms with Crippen molar-refractivity contribution in [3.8, 4) is 5.75 Å². The first-order chi connectivity index (χ1) is 15.8. The number of anilines is 1. The van der Waals surface area contributed by atoms with Crippen molar-refractivity contribution in [3.63, 3.8) is 0 Å². The van der Waals surface area contributed by atoms with Gasteiger partial charge in [-0.2, -0.15) is 0 Å². The maximum atomic E-state index is 13.5. The predicted molar refractivity (Wildman–Crippen MR) is 129 cm³/mol. The van der Waals surface area contributed by atoms with Crippen LogP contribution in [-0.4, -0.2) is 27.0 Å². The van der Waals surface area contributed by atoms with Crippen molar-refractivity contribution >= 4 is 33.2 Å². The van der Waals surface area contributed by atoms with Gasteiger partial charge >= 0.3 is 0 Å². The van der Waals surface area contributed by atoms with E-state index in [9.17, 15) is 13.2 Å². The number of hydrogen-bond acceptors (Lipinski definition) is 4. The molecule has 3 aromatic rings. The zero-order chi connectivity index (χ0) is 23.4. The highest BCUT2D eigenvalue weighted by atomic mass is 35.5. The Morgan fingerprint density at radius 2 is 1.64 bits per heavy atom.